The molecule has 6 heteroatoms. The van der Waals surface area contributed by atoms with Gasteiger partial charge >= 0.3 is 0 Å². The predicted octanol–water partition coefficient (Wildman–Crippen LogP) is 4.35. The second-order valence-corrected chi connectivity index (χ2v) is 5.59. The van der Waals surface area contributed by atoms with E-state index in [1.54, 1.807) is 66.7 Å². The van der Waals surface area contributed by atoms with E-state index < -0.39 is 0 Å². The summed E-state index contributed by atoms with van der Waals surface area (Å²) in [5, 5.41) is 5.51. The van der Waals surface area contributed by atoms with Crippen LogP contribution in [0.1, 0.15) is 20.9 Å². The van der Waals surface area contributed by atoms with Crippen LogP contribution < -0.4 is 15.4 Å². The molecule has 3 rings (SSSR count). The standard InChI is InChI=1S/C21H18N2O4/c1-2-12-26-18-6-3-5-17(14-18)23-20(24)15-8-10-16(11-9-15)22-21(25)19-7-4-13-27-19/h2-11,13-14H,1,12H2,(H,22,25)(H,23,24). The Labute approximate surface area is 156 Å². The van der Waals surface area contributed by atoms with E-state index in [-0.39, 0.29) is 17.6 Å². The molecule has 2 N–H and O–H groups in total. The first-order chi connectivity index (χ1) is 13.2. The lowest BCUT2D eigenvalue weighted by molar-refractivity contribution is 0.0995. The first kappa shape index (κ1) is 18.0. The highest BCUT2D eigenvalue weighted by Crippen LogP contribution is 2.19. The maximum absolute atomic E-state index is 12.4. The molecule has 6 nitrogen and oxygen atoms in total. The van der Waals surface area contributed by atoms with Gasteiger partial charge < -0.3 is 19.8 Å². The van der Waals surface area contributed by atoms with Crippen molar-refractivity contribution in [2.24, 2.45) is 0 Å². The lowest BCUT2D eigenvalue weighted by Gasteiger charge is -2.09. The molecule has 0 fully saturated rings. The number of anilines is 2. The molecule has 0 bridgehead atoms. The van der Waals surface area contributed by atoms with Gasteiger partial charge in [-0.3, -0.25) is 9.59 Å². The van der Waals surface area contributed by atoms with Crippen molar-refractivity contribution < 1.29 is 18.7 Å². The maximum Gasteiger partial charge on any atom is 0.291 e. The van der Waals surface area contributed by atoms with Gasteiger partial charge in [0.25, 0.3) is 11.8 Å². The Bertz CT molecular complexity index is 931. The zero-order chi connectivity index (χ0) is 19.1. The minimum Gasteiger partial charge on any atom is -0.489 e. The number of carbonyl (C=O) groups excluding carboxylic acids is 2. The molecular weight excluding hydrogens is 344 g/mol. The average molecular weight is 362 g/mol. The summed E-state index contributed by atoms with van der Waals surface area (Å²) in [6, 6.07) is 16.9. The van der Waals surface area contributed by atoms with Crippen LogP contribution in [0.15, 0.2) is 84.0 Å². The highest BCUT2D eigenvalue weighted by Gasteiger charge is 2.10. The number of benzene rings is 2. The zero-order valence-corrected chi connectivity index (χ0v) is 14.5. The molecule has 1 heterocycles. The van der Waals surface area contributed by atoms with Gasteiger partial charge in [-0.25, -0.2) is 0 Å². The predicted molar refractivity (Wildman–Crippen MR) is 103 cm³/mol. The fourth-order valence-electron chi connectivity index (χ4n) is 2.33. The van der Waals surface area contributed by atoms with E-state index in [2.05, 4.69) is 17.2 Å². The quantitative estimate of drug-likeness (QED) is 0.612. The molecule has 0 spiro atoms. The second-order valence-electron chi connectivity index (χ2n) is 5.59. The van der Waals surface area contributed by atoms with E-state index in [1.165, 1.54) is 6.26 Å². The van der Waals surface area contributed by atoms with Gasteiger partial charge in [0.05, 0.1) is 6.26 Å². The molecule has 0 saturated carbocycles. The summed E-state index contributed by atoms with van der Waals surface area (Å²) in [5.74, 6) is 0.243. The monoisotopic (exact) mass is 362 g/mol. The Morgan fingerprint density at radius 1 is 0.963 bits per heavy atom. The Morgan fingerprint density at radius 3 is 2.44 bits per heavy atom. The summed E-state index contributed by atoms with van der Waals surface area (Å²) in [4.78, 5) is 24.3. The van der Waals surface area contributed by atoms with Crippen LogP contribution in [0.2, 0.25) is 0 Å². The second kappa shape index (κ2) is 8.53. The molecule has 0 saturated heterocycles. The highest BCUT2D eigenvalue weighted by molar-refractivity contribution is 6.05. The zero-order valence-electron chi connectivity index (χ0n) is 14.5. The number of nitrogens with one attached hydrogen (secondary N) is 2. The SMILES string of the molecule is C=CCOc1cccc(NC(=O)c2ccc(NC(=O)c3ccco3)cc2)c1. The van der Waals surface area contributed by atoms with Crippen molar-refractivity contribution in [3.63, 3.8) is 0 Å². The van der Waals surface area contributed by atoms with E-state index in [0.717, 1.165) is 0 Å². The van der Waals surface area contributed by atoms with Crippen molar-refractivity contribution in [1.29, 1.82) is 0 Å². The summed E-state index contributed by atoms with van der Waals surface area (Å²) < 4.78 is 10.5. The van der Waals surface area contributed by atoms with Gasteiger partial charge in [0.1, 0.15) is 12.4 Å². The molecule has 0 aliphatic heterocycles. The molecule has 1 aromatic heterocycles. The molecular formula is C21H18N2O4. The molecule has 0 radical (unpaired) electrons. The number of ether oxygens (including phenoxy) is 1. The van der Waals surface area contributed by atoms with Crippen LogP contribution in [0.5, 0.6) is 5.75 Å². The average Bonchev–Trinajstić information content (AvgIpc) is 3.22. The topological polar surface area (TPSA) is 80.6 Å². The van der Waals surface area contributed by atoms with Gasteiger partial charge in [0, 0.05) is 23.0 Å². The first-order valence-electron chi connectivity index (χ1n) is 8.26. The van der Waals surface area contributed by atoms with Gasteiger partial charge in [-0.05, 0) is 48.5 Å². The van der Waals surface area contributed by atoms with E-state index >= 15 is 0 Å². The molecule has 3 aromatic rings. The lowest BCUT2D eigenvalue weighted by atomic mass is 10.2. The van der Waals surface area contributed by atoms with E-state index in [0.29, 0.717) is 29.3 Å². The summed E-state index contributed by atoms with van der Waals surface area (Å²) in [5.41, 5.74) is 1.65. The van der Waals surface area contributed by atoms with E-state index in [1.807, 2.05) is 0 Å². The molecule has 0 atom stereocenters. The van der Waals surface area contributed by atoms with Crippen molar-refractivity contribution in [3.8, 4) is 5.75 Å². The number of rotatable bonds is 7. The minimum absolute atomic E-state index is 0.218. The fourth-order valence-corrected chi connectivity index (χ4v) is 2.33. The third-order valence-corrected chi connectivity index (χ3v) is 3.61. The van der Waals surface area contributed by atoms with Crippen molar-refractivity contribution in [3.05, 3.63) is 90.9 Å². The normalized spacial score (nSPS) is 10.1. The van der Waals surface area contributed by atoms with E-state index in [9.17, 15) is 9.59 Å². The Balaban J connectivity index is 1.62. The fraction of sp³-hybridized carbons (Fsp3) is 0.0476. The summed E-state index contributed by atoms with van der Waals surface area (Å²) in [6.45, 7) is 3.99. The highest BCUT2D eigenvalue weighted by atomic mass is 16.5. The van der Waals surface area contributed by atoms with Crippen LogP contribution in [0.3, 0.4) is 0 Å². The van der Waals surface area contributed by atoms with Gasteiger partial charge in [-0.2, -0.15) is 0 Å². The van der Waals surface area contributed by atoms with Crippen LogP contribution in [-0.2, 0) is 0 Å². The number of hydrogen-bond donors (Lipinski definition) is 2. The van der Waals surface area contributed by atoms with E-state index in [4.69, 9.17) is 9.15 Å². The third-order valence-electron chi connectivity index (χ3n) is 3.61. The van der Waals surface area contributed by atoms with Gasteiger partial charge in [-0.15, -0.1) is 0 Å². The Morgan fingerprint density at radius 2 is 1.74 bits per heavy atom. The molecule has 27 heavy (non-hydrogen) atoms. The summed E-state index contributed by atoms with van der Waals surface area (Å²) in [6.07, 6.45) is 3.08. The molecule has 2 aromatic carbocycles. The summed E-state index contributed by atoms with van der Waals surface area (Å²) in [7, 11) is 0. The van der Waals surface area contributed by atoms with Crippen molar-refractivity contribution in [2.75, 3.05) is 17.2 Å². The molecule has 0 unspecified atom stereocenters. The molecule has 0 aliphatic carbocycles. The maximum atomic E-state index is 12.4. The van der Waals surface area contributed by atoms with Crippen molar-refractivity contribution >= 4 is 23.2 Å². The summed E-state index contributed by atoms with van der Waals surface area (Å²) >= 11 is 0. The van der Waals surface area contributed by atoms with Gasteiger partial charge in [0.15, 0.2) is 5.76 Å². The smallest absolute Gasteiger partial charge is 0.291 e. The number of hydrogen-bond acceptors (Lipinski definition) is 4. The Hall–Kier alpha value is -3.80. The van der Waals surface area contributed by atoms with Crippen LogP contribution in [-0.4, -0.2) is 18.4 Å². The van der Waals surface area contributed by atoms with Crippen LogP contribution in [0.4, 0.5) is 11.4 Å². The number of carbonyl (C=O) groups is 2. The van der Waals surface area contributed by atoms with Crippen LogP contribution in [0.25, 0.3) is 0 Å². The van der Waals surface area contributed by atoms with Crippen molar-refractivity contribution in [2.45, 2.75) is 0 Å². The molecule has 0 aliphatic rings. The van der Waals surface area contributed by atoms with Crippen LogP contribution in [0, 0.1) is 0 Å². The molecule has 136 valence electrons. The molecule has 2 amide bonds. The minimum atomic E-state index is -0.353. The number of furan rings is 1. The van der Waals surface area contributed by atoms with Crippen molar-refractivity contribution in [1.82, 2.24) is 0 Å². The first-order valence-corrected chi connectivity index (χ1v) is 8.26. The Kier molecular flexibility index (Phi) is 5.69. The number of amides is 2. The van der Waals surface area contributed by atoms with Crippen LogP contribution >= 0.6 is 0 Å². The largest absolute Gasteiger partial charge is 0.489 e. The van der Waals surface area contributed by atoms with Gasteiger partial charge in [-0.1, -0.05) is 18.7 Å². The third kappa shape index (κ3) is 4.85. The lowest BCUT2D eigenvalue weighted by Crippen LogP contribution is -2.13. The van der Waals surface area contributed by atoms with Gasteiger partial charge in [0.2, 0.25) is 0 Å².